The van der Waals surface area contributed by atoms with E-state index in [4.69, 9.17) is 0 Å². The number of carbonyl (C=O) groups is 1. The van der Waals surface area contributed by atoms with Gasteiger partial charge < -0.3 is 5.32 Å². The zero-order chi connectivity index (χ0) is 9.68. The summed E-state index contributed by atoms with van der Waals surface area (Å²) in [5, 5.41) is 2.61. The van der Waals surface area contributed by atoms with Crippen molar-refractivity contribution in [1.82, 2.24) is 5.32 Å². The van der Waals surface area contributed by atoms with Crippen LogP contribution in [0.4, 0.5) is 0 Å². The first kappa shape index (κ1) is 9.78. The fraction of sp³-hybridized carbons (Fsp3) is 0.364. The zero-order valence-electron chi connectivity index (χ0n) is 8.13. The largest absolute Gasteiger partial charge is 0.355 e. The molecule has 1 rings (SSSR count). The molecule has 13 heavy (non-hydrogen) atoms. The van der Waals surface area contributed by atoms with E-state index in [1.165, 1.54) is 5.56 Å². The van der Waals surface area contributed by atoms with Crippen molar-refractivity contribution >= 4 is 5.91 Å². The molecule has 1 aromatic carbocycles. The molecular formula is C11H15NO. The minimum Gasteiger partial charge on any atom is -0.355 e. The number of hydrogen-bond acceptors (Lipinski definition) is 1. The average Bonchev–Trinajstić information content (AvgIpc) is 2.18. The van der Waals surface area contributed by atoms with Gasteiger partial charge in [0.1, 0.15) is 0 Å². The molecule has 0 fully saturated rings. The van der Waals surface area contributed by atoms with Crippen LogP contribution in [0, 0.1) is 0 Å². The number of nitrogens with one attached hydrogen (secondary N) is 1. The highest BCUT2D eigenvalue weighted by Gasteiger charge is 2.02. The number of rotatable bonds is 3. The fourth-order valence-corrected chi connectivity index (χ4v) is 1.30. The molecule has 0 atom stereocenters. The minimum absolute atomic E-state index is 0.0158. The molecule has 0 aromatic heterocycles. The van der Waals surface area contributed by atoms with Crippen LogP contribution in [0.3, 0.4) is 0 Å². The standard InChI is InChI=1S/C11H15NO/c1-3-5-9-6-4-7-10(8-9)11(13)12-2/h4,6-8H,3,5H2,1-2H3,(H,12,13). The van der Waals surface area contributed by atoms with Gasteiger partial charge in [-0.15, -0.1) is 0 Å². The molecule has 1 aromatic rings. The van der Waals surface area contributed by atoms with Crippen LogP contribution < -0.4 is 5.32 Å². The van der Waals surface area contributed by atoms with Gasteiger partial charge in [0.05, 0.1) is 0 Å². The topological polar surface area (TPSA) is 29.1 Å². The normalized spacial score (nSPS) is 9.69. The quantitative estimate of drug-likeness (QED) is 0.751. The van der Waals surface area contributed by atoms with Gasteiger partial charge in [-0.25, -0.2) is 0 Å². The molecule has 1 amide bonds. The summed E-state index contributed by atoms with van der Waals surface area (Å²) in [7, 11) is 1.65. The van der Waals surface area contributed by atoms with E-state index in [1.54, 1.807) is 7.05 Å². The molecule has 0 saturated heterocycles. The molecule has 0 saturated carbocycles. The van der Waals surface area contributed by atoms with Gasteiger partial charge in [0.15, 0.2) is 0 Å². The Labute approximate surface area is 79.0 Å². The third kappa shape index (κ3) is 2.58. The van der Waals surface area contributed by atoms with Gasteiger partial charge in [-0.2, -0.15) is 0 Å². The van der Waals surface area contributed by atoms with Gasteiger partial charge in [0, 0.05) is 12.6 Å². The van der Waals surface area contributed by atoms with Crippen molar-refractivity contribution in [2.45, 2.75) is 19.8 Å². The van der Waals surface area contributed by atoms with Crippen LogP contribution in [0.15, 0.2) is 24.3 Å². The highest BCUT2D eigenvalue weighted by atomic mass is 16.1. The van der Waals surface area contributed by atoms with Crippen molar-refractivity contribution < 1.29 is 4.79 Å². The lowest BCUT2D eigenvalue weighted by Gasteiger charge is -2.02. The van der Waals surface area contributed by atoms with E-state index in [0.717, 1.165) is 18.4 Å². The molecule has 0 bridgehead atoms. The molecule has 2 nitrogen and oxygen atoms in total. The molecule has 0 spiro atoms. The Kier molecular flexibility index (Phi) is 3.50. The SMILES string of the molecule is CCCc1cccc(C(=O)NC)c1. The maximum atomic E-state index is 11.3. The molecule has 2 heteroatoms. The highest BCUT2D eigenvalue weighted by Crippen LogP contribution is 2.07. The van der Waals surface area contributed by atoms with Gasteiger partial charge in [-0.05, 0) is 24.1 Å². The van der Waals surface area contributed by atoms with Crippen molar-refractivity contribution in [2.75, 3.05) is 7.05 Å². The lowest BCUT2D eigenvalue weighted by Crippen LogP contribution is -2.17. The lowest BCUT2D eigenvalue weighted by molar-refractivity contribution is 0.0963. The molecule has 0 unspecified atom stereocenters. The molecule has 70 valence electrons. The lowest BCUT2D eigenvalue weighted by atomic mass is 10.1. The summed E-state index contributed by atoms with van der Waals surface area (Å²) < 4.78 is 0. The smallest absolute Gasteiger partial charge is 0.251 e. The number of hydrogen-bond donors (Lipinski definition) is 1. The Morgan fingerprint density at radius 1 is 1.46 bits per heavy atom. The van der Waals surface area contributed by atoms with Crippen LogP contribution in [-0.4, -0.2) is 13.0 Å². The molecule has 1 N–H and O–H groups in total. The van der Waals surface area contributed by atoms with Crippen LogP contribution in [0.2, 0.25) is 0 Å². The van der Waals surface area contributed by atoms with E-state index < -0.39 is 0 Å². The van der Waals surface area contributed by atoms with Crippen LogP contribution in [-0.2, 0) is 6.42 Å². The Morgan fingerprint density at radius 3 is 2.85 bits per heavy atom. The Balaban J connectivity index is 2.85. The van der Waals surface area contributed by atoms with Crippen molar-refractivity contribution in [3.63, 3.8) is 0 Å². The Morgan fingerprint density at radius 2 is 2.23 bits per heavy atom. The Bertz CT molecular complexity index is 294. The summed E-state index contributed by atoms with van der Waals surface area (Å²) in [6, 6.07) is 7.76. The number of amides is 1. The first-order valence-corrected chi connectivity index (χ1v) is 4.59. The first-order chi connectivity index (χ1) is 6.27. The monoisotopic (exact) mass is 177 g/mol. The summed E-state index contributed by atoms with van der Waals surface area (Å²) in [5.41, 5.74) is 1.97. The number of aryl methyl sites for hydroxylation is 1. The van der Waals surface area contributed by atoms with Crippen molar-refractivity contribution in [2.24, 2.45) is 0 Å². The van der Waals surface area contributed by atoms with E-state index in [0.29, 0.717) is 0 Å². The average molecular weight is 177 g/mol. The summed E-state index contributed by atoms with van der Waals surface area (Å²) in [6.45, 7) is 2.13. The maximum Gasteiger partial charge on any atom is 0.251 e. The second-order valence-corrected chi connectivity index (χ2v) is 3.03. The second kappa shape index (κ2) is 4.65. The van der Waals surface area contributed by atoms with Gasteiger partial charge >= 0.3 is 0 Å². The molecule has 0 heterocycles. The van der Waals surface area contributed by atoms with Crippen molar-refractivity contribution in [3.05, 3.63) is 35.4 Å². The molecule has 0 radical (unpaired) electrons. The van der Waals surface area contributed by atoms with Crippen LogP contribution in [0.1, 0.15) is 29.3 Å². The maximum absolute atomic E-state index is 11.3. The van der Waals surface area contributed by atoms with Crippen LogP contribution in [0.25, 0.3) is 0 Å². The predicted molar refractivity (Wildman–Crippen MR) is 53.8 cm³/mol. The van der Waals surface area contributed by atoms with Gasteiger partial charge in [-0.1, -0.05) is 25.5 Å². The Hall–Kier alpha value is -1.31. The second-order valence-electron chi connectivity index (χ2n) is 3.03. The molecule has 0 aliphatic heterocycles. The fourth-order valence-electron chi connectivity index (χ4n) is 1.30. The van der Waals surface area contributed by atoms with Gasteiger partial charge in [0.25, 0.3) is 5.91 Å². The summed E-state index contributed by atoms with van der Waals surface area (Å²) in [5.74, 6) is -0.0158. The van der Waals surface area contributed by atoms with Crippen LogP contribution in [0.5, 0.6) is 0 Å². The highest BCUT2D eigenvalue weighted by molar-refractivity contribution is 5.94. The van der Waals surface area contributed by atoms with Crippen LogP contribution >= 0.6 is 0 Å². The number of carbonyl (C=O) groups excluding carboxylic acids is 1. The zero-order valence-corrected chi connectivity index (χ0v) is 8.13. The van der Waals surface area contributed by atoms with E-state index in [2.05, 4.69) is 18.3 Å². The minimum atomic E-state index is -0.0158. The van der Waals surface area contributed by atoms with E-state index in [1.807, 2.05) is 18.2 Å². The van der Waals surface area contributed by atoms with Gasteiger partial charge in [-0.3, -0.25) is 4.79 Å². The third-order valence-corrected chi connectivity index (χ3v) is 1.95. The summed E-state index contributed by atoms with van der Waals surface area (Å²) in [4.78, 5) is 11.3. The summed E-state index contributed by atoms with van der Waals surface area (Å²) >= 11 is 0. The third-order valence-electron chi connectivity index (χ3n) is 1.95. The number of benzene rings is 1. The summed E-state index contributed by atoms with van der Waals surface area (Å²) in [6.07, 6.45) is 2.14. The predicted octanol–water partition coefficient (Wildman–Crippen LogP) is 2.00. The molecule has 0 aliphatic rings. The van der Waals surface area contributed by atoms with Gasteiger partial charge in [0.2, 0.25) is 0 Å². The molecule has 0 aliphatic carbocycles. The van der Waals surface area contributed by atoms with E-state index in [9.17, 15) is 4.79 Å². The molecular weight excluding hydrogens is 162 g/mol. The van der Waals surface area contributed by atoms with E-state index in [-0.39, 0.29) is 5.91 Å². The first-order valence-electron chi connectivity index (χ1n) is 4.59. The van der Waals surface area contributed by atoms with Crippen molar-refractivity contribution in [1.29, 1.82) is 0 Å². The van der Waals surface area contributed by atoms with E-state index >= 15 is 0 Å². The van der Waals surface area contributed by atoms with Crippen molar-refractivity contribution in [3.8, 4) is 0 Å².